The number of hydrogen-bond donors (Lipinski definition) is 1. The highest BCUT2D eigenvalue weighted by atomic mass is 16.5. The fourth-order valence-corrected chi connectivity index (χ4v) is 3.96. The lowest BCUT2D eigenvalue weighted by Gasteiger charge is -2.17. The Labute approximate surface area is 155 Å². The molecular formula is C22H26N2O2. The summed E-state index contributed by atoms with van der Waals surface area (Å²) in [5.74, 6) is 1.07. The van der Waals surface area contributed by atoms with E-state index >= 15 is 0 Å². The van der Waals surface area contributed by atoms with Crippen LogP contribution in [-0.4, -0.2) is 36.0 Å². The highest BCUT2D eigenvalue weighted by Gasteiger charge is 2.32. The fraction of sp³-hybridized carbons (Fsp3) is 0.409. The van der Waals surface area contributed by atoms with Gasteiger partial charge in [-0.3, -0.25) is 9.69 Å². The van der Waals surface area contributed by atoms with Crippen molar-refractivity contribution < 1.29 is 9.53 Å². The van der Waals surface area contributed by atoms with Crippen LogP contribution in [0.5, 0.6) is 5.75 Å². The van der Waals surface area contributed by atoms with Crippen LogP contribution in [0.2, 0.25) is 0 Å². The quantitative estimate of drug-likeness (QED) is 0.916. The second-order valence-corrected chi connectivity index (χ2v) is 7.52. The third-order valence-electron chi connectivity index (χ3n) is 5.65. The van der Waals surface area contributed by atoms with Gasteiger partial charge in [-0.05, 0) is 25.0 Å². The average Bonchev–Trinajstić information content (AvgIpc) is 3.20. The van der Waals surface area contributed by atoms with Gasteiger partial charge in [0.05, 0.1) is 5.56 Å². The molecule has 0 spiro atoms. The molecule has 1 fully saturated rings. The Kier molecular flexibility index (Phi) is 4.68. The zero-order chi connectivity index (χ0) is 18.1. The van der Waals surface area contributed by atoms with Crippen molar-refractivity contribution in [3.63, 3.8) is 0 Å². The molecule has 2 aromatic rings. The van der Waals surface area contributed by atoms with Crippen molar-refractivity contribution in [1.82, 2.24) is 10.2 Å². The van der Waals surface area contributed by atoms with E-state index in [0.29, 0.717) is 11.5 Å². The normalized spacial score (nSPS) is 24.9. The first-order chi connectivity index (χ1) is 12.6. The average molecular weight is 350 g/mol. The van der Waals surface area contributed by atoms with Gasteiger partial charge in [-0.1, -0.05) is 49.4 Å². The molecule has 2 aromatic carbocycles. The fourth-order valence-electron chi connectivity index (χ4n) is 3.96. The van der Waals surface area contributed by atoms with Crippen LogP contribution < -0.4 is 10.1 Å². The van der Waals surface area contributed by atoms with E-state index in [2.05, 4.69) is 54.4 Å². The van der Waals surface area contributed by atoms with Gasteiger partial charge in [0.25, 0.3) is 5.91 Å². The molecule has 0 radical (unpaired) electrons. The molecule has 2 aliphatic heterocycles. The van der Waals surface area contributed by atoms with Crippen molar-refractivity contribution >= 4 is 5.91 Å². The molecule has 0 bridgehead atoms. The molecule has 1 N–H and O–H groups in total. The van der Waals surface area contributed by atoms with Crippen LogP contribution in [-0.2, 0) is 6.54 Å². The van der Waals surface area contributed by atoms with E-state index < -0.39 is 0 Å². The summed E-state index contributed by atoms with van der Waals surface area (Å²) in [6.07, 6.45) is 1.10. The molecule has 0 unspecified atom stereocenters. The Bertz CT molecular complexity index is 790. The lowest BCUT2D eigenvalue weighted by molar-refractivity contribution is 0.0932. The van der Waals surface area contributed by atoms with E-state index in [0.717, 1.165) is 37.4 Å². The molecule has 3 atom stereocenters. The summed E-state index contributed by atoms with van der Waals surface area (Å²) < 4.78 is 5.96. The Morgan fingerprint density at radius 3 is 2.77 bits per heavy atom. The van der Waals surface area contributed by atoms with Gasteiger partial charge in [-0.2, -0.15) is 0 Å². The van der Waals surface area contributed by atoms with Crippen molar-refractivity contribution in [3.8, 4) is 5.75 Å². The Morgan fingerprint density at radius 2 is 1.96 bits per heavy atom. The van der Waals surface area contributed by atoms with Gasteiger partial charge in [-0.15, -0.1) is 0 Å². The van der Waals surface area contributed by atoms with Crippen molar-refractivity contribution in [2.45, 2.75) is 44.9 Å². The number of rotatable bonds is 4. The van der Waals surface area contributed by atoms with Gasteiger partial charge in [-0.25, -0.2) is 0 Å². The van der Waals surface area contributed by atoms with Crippen LogP contribution in [0.3, 0.4) is 0 Å². The summed E-state index contributed by atoms with van der Waals surface area (Å²) in [5.41, 5.74) is 3.12. The summed E-state index contributed by atoms with van der Waals surface area (Å²) >= 11 is 0. The summed E-state index contributed by atoms with van der Waals surface area (Å²) in [5, 5.41) is 3.21. The first-order valence-corrected chi connectivity index (χ1v) is 9.48. The molecule has 2 heterocycles. The summed E-state index contributed by atoms with van der Waals surface area (Å²) in [4.78, 5) is 15.2. The van der Waals surface area contributed by atoms with Gasteiger partial charge in [0.15, 0.2) is 0 Å². The number of benzene rings is 2. The minimum atomic E-state index is -0.0188. The smallest absolute Gasteiger partial charge is 0.255 e. The van der Waals surface area contributed by atoms with E-state index in [1.807, 2.05) is 18.2 Å². The van der Waals surface area contributed by atoms with E-state index in [-0.39, 0.29) is 18.1 Å². The number of nitrogens with zero attached hydrogens (tertiary/aromatic N) is 1. The van der Waals surface area contributed by atoms with Gasteiger partial charge >= 0.3 is 0 Å². The number of para-hydroxylation sites is 1. The van der Waals surface area contributed by atoms with Crippen molar-refractivity contribution in [2.24, 2.45) is 0 Å². The Balaban J connectivity index is 1.39. The van der Waals surface area contributed by atoms with Crippen LogP contribution in [0, 0.1) is 0 Å². The van der Waals surface area contributed by atoms with Crippen LogP contribution in [0.25, 0.3) is 0 Å². The molecule has 0 aromatic heterocycles. The maximum atomic E-state index is 12.8. The second-order valence-electron chi connectivity index (χ2n) is 7.52. The molecule has 136 valence electrons. The van der Waals surface area contributed by atoms with Crippen LogP contribution in [0.4, 0.5) is 0 Å². The molecule has 0 saturated carbocycles. The number of fused-ring (bicyclic) bond motifs is 1. The van der Waals surface area contributed by atoms with Gasteiger partial charge in [0, 0.05) is 37.2 Å². The van der Waals surface area contributed by atoms with E-state index in [1.54, 1.807) is 0 Å². The Morgan fingerprint density at radius 1 is 1.15 bits per heavy atom. The number of carbonyl (C=O) groups excluding carboxylic acids is 1. The molecule has 4 nitrogen and oxygen atoms in total. The molecule has 1 saturated heterocycles. The van der Waals surface area contributed by atoms with E-state index in [1.165, 1.54) is 5.56 Å². The molecular weight excluding hydrogens is 324 g/mol. The summed E-state index contributed by atoms with van der Waals surface area (Å²) in [6.45, 7) is 7.05. The highest BCUT2D eigenvalue weighted by molar-refractivity contribution is 5.97. The minimum Gasteiger partial charge on any atom is -0.489 e. The molecule has 4 rings (SSSR count). The third-order valence-corrected chi connectivity index (χ3v) is 5.65. The first kappa shape index (κ1) is 17.1. The molecule has 0 aliphatic carbocycles. The van der Waals surface area contributed by atoms with Crippen molar-refractivity contribution in [3.05, 3.63) is 65.2 Å². The lowest BCUT2D eigenvalue weighted by atomic mass is 9.96. The van der Waals surface area contributed by atoms with Crippen molar-refractivity contribution in [1.29, 1.82) is 0 Å². The number of ether oxygens (including phenoxy) is 1. The lowest BCUT2D eigenvalue weighted by Crippen LogP contribution is -2.37. The number of hydrogen-bond acceptors (Lipinski definition) is 3. The molecule has 4 heteroatoms. The maximum Gasteiger partial charge on any atom is 0.255 e. The van der Waals surface area contributed by atoms with Crippen molar-refractivity contribution in [2.75, 3.05) is 13.1 Å². The van der Waals surface area contributed by atoms with Crippen LogP contribution in [0.1, 0.15) is 47.7 Å². The molecule has 2 aliphatic rings. The summed E-state index contributed by atoms with van der Waals surface area (Å²) in [7, 11) is 0. The summed E-state index contributed by atoms with van der Waals surface area (Å²) in [6, 6.07) is 16.6. The van der Waals surface area contributed by atoms with Gasteiger partial charge in [0.2, 0.25) is 0 Å². The van der Waals surface area contributed by atoms with Gasteiger partial charge in [0.1, 0.15) is 11.9 Å². The van der Waals surface area contributed by atoms with E-state index in [9.17, 15) is 4.79 Å². The first-order valence-electron chi connectivity index (χ1n) is 9.48. The molecule has 1 amide bonds. The number of amides is 1. The predicted octanol–water partition coefficient (Wildman–Crippen LogP) is 3.58. The van der Waals surface area contributed by atoms with Crippen LogP contribution >= 0.6 is 0 Å². The standard InChI is InChI=1S/C22H26N2O2/c1-15-16(2)26-21-19(15)9-6-10-20(21)22(25)23-18-11-12-24(14-18)13-17-7-4-3-5-8-17/h3-10,15-16,18H,11-14H2,1-2H3,(H,23,25)/t15-,16-,18+/m0/s1. The van der Waals surface area contributed by atoms with Gasteiger partial charge < -0.3 is 10.1 Å². The van der Waals surface area contributed by atoms with Crippen LogP contribution in [0.15, 0.2) is 48.5 Å². The predicted molar refractivity (Wildman–Crippen MR) is 103 cm³/mol. The minimum absolute atomic E-state index is 0.0188. The maximum absolute atomic E-state index is 12.8. The third kappa shape index (κ3) is 3.34. The zero-order valence-electron chi connectivity index (χ0n) is 15.4. The highest BCUT2D eigenvalue weighted by Crippen LogP contribution is 2.40. The van der Waals surface area contributed by atoms with E-state index in [4.69, 9.17) is 4.74 Å². The topological polar surface area (TPSA) is 41.6 Å². The zero-order valence-corrected chi connectivity index (χ0v) is 15.4. The number of carbonyl (C=O) groups is 1. The molecule has 26 heavy (non-hydrogen) atoms. The SMILES string of the molecule is C[C@@H]1Oc2c(C(=O)N[C@@H]3CCN(Cc4ccccc4)C3)cccc2[C@H]1C. The monoisotopic (exact) mass is 350 g/mol. The number of likely N-dealkylation sites (tertiary alicyclic amines) is 1. The Hall–Kier alpha value is -2.33. The second kappa shape index (κ2) is 7.12. The largest absolute Gasteiger partial charge is 0.489 e. The number of nitrogens with one attached hydrogen (secondary N) is 1.